The molecule has 1 radical (unpaired) electrons. The third-order valence-corrected chi connectivity index (χ3v) is 0.740. The molecule has 0 unspecified atom stereocenters. The van der Waals surface area contributed by atoms with Gasteiger partial charge in [0.05, 0.1) is 5.69 Å². The van der Waals surface area contributed by atoms with E-state index in [-0.39, 0.29) is 0 Å². The van der Waals surface area contributed by atoms with Gasteiger partial charge >= 0.3 is 0 Å². The Morgan fingerprint density at radius 2 is 2.62 bits per heavy atom. The lowest BCUT2D eigenvalue weighted by Gasteiger charge is -1.77. The van der Waals surface area contributed by atoms with Crippen molar-refractivity contribution in [3.63, 3.8) is 0 Å². The molecule has 0 aromatic carbocycles. The minimum atomic E-state index is 0.806. The first kappa shape index (κ1) is 5.09. The van der Waals surface area contributed by atoms with Gasteiger partial charge in [0.15, 0.2) is 6.39 Å². The van der Waals surface area contributed by atoms with Gasteiger partial charge in [0.25, 0.3) is 0 Å². The second kappa shape index (κ2) is 2.31. The van der Waals surface area contributed by atoms with Gasteiger partial charge in [-0.15, -0.1) is 6.58 Å². The van der Waals surface area contributed by atoms with Crippen molar-refractivity contribution in [1.82, 2.24) is 4.98 Å². The van der Waals surface area contributed by atoms with Crippen molar-refractivity contribution in [2.24, 2.45) is 0 Å². The maximum atomic E-state index is 4.68. The molecule has 2 nitrogen and oxygen atoms in total. The second-order valence-electron chi connectivity index (χ2n) is 1.32. The largest absolute Gasteiger partial charge is 0.451 e. The highest BCUT2D eigenvalue weighted by molar-refractivity contribution is 5.13. The van der Waals surface area contributed by atoms with E-state index in [1.165, 1.54) is 6.39 Å². The fourth-order valence-corrected chi connectivity index (χ4v) is 0.425. The molecule has 1 rings (SSSR count). The van der Waals surface area contributed by atoms with Gasteiger partial charge in [0.2, 0.25) is 0 Å². The molecule has 0 amide bonds. The van der Waals surface area contributed by atoms with Crippen molar-refractivity contribution < 1.29 is 4.42 Å². The van der Waals surface area contributed by atoms with E-state index in [0.717, 1.165) is 5.69 Å². The van der Waals surface area contributed by atoms with E-state index in [4.69, 9.17) is 0 Å². The van der Waals surface area contributed by atoms with Gasteiger partial charge in [0, 0.05) is 6.42 Å². The first-order valence-corrected chi connectivity index (χ1v) is 2.27. The molecule has 8 heavy (non-hydrogen) atoms. The number of oxazole rings is 1. The minimum Gasteiger partial charge on any atom is -0.451 e. The van der Waals surface area contributed by atoms with Crippen LogP contribution in [0.1, 0.15) is 5.69 Å². The van der Waals surface area contributed by atoms with Gasteiger partial charge in [-0.2, -0.15) is 0 Å². The lowest BCUT2D eigenvalue weighted by Crippen LogP contribution is -1.72. The van der Waals surface area contributed by atoms with Gasteiger partial charge in [-0.1, -0.05) is 6.08 Å². The summed E-state index contributed by atoms with van der Waals surface area (Å²) >= 11 is 0. The fraction of sp³-hybridized carbons (Fsp3) is 0. The molecule has 0 saturated heterocycles. The molecule has 1 aromatic rings. The van der Waals surface area contributed by atoms with Crippen LogP contribution < -0.4 is 0 Å². The Kier molecular flexibility index (Phi) is 1.47. The number of nitrogens with zero attached hydrogens (tertiary/aromatic N) is 1. The van der Waals surface area contributed by atoms with E-state index in [1.807, 2.05) is 0 Å². The molecule has 2 heteroatoms. The lowest BCUT2D eigenvalue weighted by molar-refractivity contribution is 0.557. The molecule has 0 saturated carbocycles. The summed E-state index contributed by atoms with van der Waals surface area (Å²) < 4.78 is 4.68. The third-order valence-electron chi connectivity index (χ3n) is 0.740. The van der Waals surface area contributed by atoms with Crippen LogP contribution in [0.25, 0.3) is 0 Å². The second-order valence-corrected chi connectivity index (χ2v) is 1.32. The van der Waals surface area contributed by atoms with Crippen LogP contribution in [0.15, 0.2) is 29.7 Å². The van der Waals surface area contributed by atoms with Crippen LogP contribution in [-0.2, 0) is 0 Å². The normalized spacial score (nSPS) is 9.00. The molecular formula is C6H6NO. The number of hydrogen-bond acceptors (Lipinski definition) is 2. The molecule has 0 aliphatic carbocycles. The third kappa shape index (κ3) is 0.964. The molecule has 0 fully saturated rings. The van der Waals surface area contributed by atoms with Crippen LogP contribution in [-0.4, -0.2) is 4.98 Å². The monoisotopic (exact) mass is 108 g/mol. The van der Waals surface area contributed by atoms with E-state index in [9.17, 15) is 0 Å². The maximum absolute atomic E-state index is 4.68. The van der Waals surface area contributed by atoms with E-state index >= 15 is 0 Å². The summed E-state index contributed by atoms with van der Waals surface area (Å²) in [5.74, 6) is 0. The predicted octanol–water partition coefficient (Wildman–Crippen LogP) is 1.41. The van der Waals surface area contributed by atoms with E-state index < -0.39 is 0 Å². The summed E-state index contributed by atoms with van der Waals surface area (Å²) in [7, 11) is 0. The van der Waals surface area contributed by atoms with Gasteiger partial charge in [0.1, 0.15) is 6.26 Å². The standard InChI is InChI=1S/C6H6NO/c1-2-3-6-4-8-5-7-6/h2-5H,1H2. The Labute approximate surface area is 47.9 Å². The van der Waals surface area contributed by atoms with Crippen LogP contribution in [0.4, 0.5) is 0 Å². The molecule has 41 valence electrons. The highest BCUT2D eigenvalue weighted by Gasteiger charge is 1.88. The van der Waals surface area contributed by atoms with Crippen molar-refractivity contribution in [3.05, 3.63) is 37.4 Å². The average Bonchev–Trinajstić information content (AvgIpc) is 2.19. The van der Waals surface area contributed by atoms with Crippen LogP contribution in [0.5, 0.6) is 0 Å². The minimum absolute atomic E-state index is 0.806. The van der Waals surface area contributed by atoms with Crippen molar-refractivity contribution in [2.45, 2.75) is 0 Å². The highest BCUT2D eigenvalue weighted by atomic mass is 16.3. The van der Waals surface area contributed by atoms with E-state index in [2.05, 4.69) is 16.0 Å². The van der Waals surface area contributed by atoms with Crippen LogP contribution >= 0.6 is 0 Å². The van der Waals surface area contributed by atoms with Gasteiger partial charge in [-0.3, -0.25) is 0 Å². The summed E-state index contributed by atoms with van der Waals surface area (Å²) in [6.45, 7) is 3.50. The number of allylic oxidation sites excluding steroid dienone is 1. The van der Waals surface area contributed by atoms with Crippen molar-refractivity contribution in [1.29, 1.82) is 0 Å². The summed E-state index contributed by atoms with van der Waals surface area (Å²) in [4.78, 5) is 3.81. The summed E-state index contributed by atoms with van der Waals surface area (Å²) in [6.07, 6.45) is 6.37. The molecule has 0 spiro atoms. The smallest absolute Gasteiger partial charge is 0.180 e. The molecular weight excluding hydrogens is 102 g/mol. The summed E-state index contributed by atoms with van der Waals surface area (Å²) in [5.41, 5.74) is 0.806. The predicted molar refractivity (Wildman–Crippen MR) is 30.1 cm³/mol. The molecule has 0 aliphatic heterocycles. The Bertz CT molecular complexity index is 155. The van der Waals surface area contributed by atoms with Crippen LogP contribution in [0.3, 0.4) is 0 Å². The summed E-state index contributed by atoms with van der Waals surface area (Å²) in [5, 5.41) is 0. The number of aromatic nitrogens is 1. The zero-order chi connectivity index (χ0) is 5.82. The highest BCUT2D eigenvalue weighted by Crippen LogP contribution is 1.96. The summed E-state index contributed by atoms with van der Waals surface area (Å²) in [6, 6.07) is 0. The maximum Gasteiger partial charge on any atom is 0.180 e. The Hall–Kier alpha value is -1.05. The molecule has 1 heterocycles. The molecule has 0 bridgehead atoms. The number of hydrogen-bond donors (Lipinski definition) is 0. The zero-order valence-corrected chi connectivity index (χ0v) is 4.37. The lowest BCUT2D eigenvalue weighted by atomic mass is 10.3. The quantitative estimate of drug-likeness (QED) is 0.572. The van der Waals surface area contributed by atoms with E-state index in [0.29, 0.717) is 0 Å². The van der Waals surface area contributed by atoms with Gasteiger partial charge in [-0.25, -0.2) is 4.98 Å². The molecule has 0 atom stereocenters. The first-order chi connectivity index (χ1) is 3.93. The Balaban J connectivity index is 2.62. The zero-order valence-electron chi connectivity index (χ0n) is 4.37. The van der Waals surface area contributed by atoms with Crippen LogP contribution in [0.2, 0.25) is 0 Å². The SMILES string of the molecule is C=C[CH]c1cocn1. The average molecular weight is 108 g/mol. The molecule has 0 aliphatic rings. The van der Waals surface area contributed by atoms with Gasteiger partial charge < -0.3 is 4.42 Å². The molecule has 1 aromatic heterocycles. The van der Waals surface area contributed by atoms with Crippen molar-refractivity contribution in [2.75, 3.05) is 0 Å². The van der Waals surface area contributed by atoms with Crippen molar-refractivity contribution >= 4 is 0 Å². The van der Waals surface area contributed by atoms with Gasteiger partial charge in [-0.05, 0) is 0 Å². The topological polar surface area (TPSA) is 26.0 Å². The van der Waals surface area contributed by atoms with E-state index in [1.54, 1.807) is 18.8 Å². The Morgan fingerprint density at radius 3 is 3.12 bits per heavy atom. The van der Waals surface area contributed by atoms with Crippen LogP contribution in [0, 0.1) is 6.42 Å². The fourth-order valence-electron chi connectivity index (χ4n) is 0.425. The first-order valence-electron chi connectivity index (χ1n) is 2.27. The Morgan fingerprint density at radius 1 is 1.75 bits per heavy atom. The van der Waals surface area contributed by atoms with Crippen molar-refractivity contribution in [3.8, 4) is 0 Å². The number of rotatable bonds is 2. The molecule has 0 N–H and O–H groups in total.